The Balaban J connectivity index is 1.37. The molecule has 6 rings (SSSR count). The Morgan fingerprint density at radius 1 is 0.950 bits per heavy atom. The normalized spacial score (nSPS) is 13.7. The number of ether oxygens (including phenoxy) is 1. The number of H-pyrrole nitrogens is 1. The van der Waals surface area contributed by atoms with Crippen LogP contribution in [0.3, 0.4) is 0 Å². The van der Waals surface area contributed by atoms with Gasteiger partial charge in [-0.1, -0.05) is 48.5 Å². The van der Waals surface area contributed by atoms with E-state index in [9.17, 15) is 9.59 Å². The van der Waals surface area contributed by atoms with Gasteiger partial charge in [0, 0.05) is 32.5 Å². The smallest absolute Gasteiger partial charge is 0.270 e. The molecule has 0 atom stereocenters. The highest BCUT2D eigenvalue weighted by molar-refractivity contribution is 5.92. The van der Waals surface area contributed by atoms with E-state index in [1.807, 2.05) is 83.8 Å². The number of aromatic amines is 1. The second kappa shape index (κ2) is 11.2. The highest BCUT2D eigenvalue weighted by Gasteiger charge is 2.20. The molecule has 1 aliphatic rings. The minimum absolute atomic E-state index is 0.190. The Morgan fingerprint density at radius 3 is 2.52 bits per heavy atom. The average Bonchev–Trinajstić information content (AvgIpc) is 3.54. The van der Waals surface area contributed by atoms with Crippen molar-refractivity contribution in [2.24, 2.45) is 0 Å². The Kier molecular flexibility index (Phi) is 7.14. The molecule has 1 saturated heterocycles. The molecule has 1 amide bonds. The summed E-state index contributed by atoms with van der Waals surface area (Å²) in [6.45, 7) is 2.26. The first-order chi connectivity index (χ1) is 19.6. The summed E-state index contributed by atoms with van der Waals surface area (Å²) in [5, 5.41) is 0. The molecule has 1 fully saturated rings. The molecule has 0 saturated carbocycles. The molecule has 1 aliphatic heterocycles. The van der Waals surface area contributed by atoms with Crippen LogP contribution in [0.5, 0.6) is 5.75 Å². The summed E-state index contributed by atoms with van der Waals surface area (Å²) < 4.78 is 7.45. The molecule has 2 aromatic heterocycles. The SMILES string of the molecule is COc1ccc(C=Cc2nc3cc4[nH]c(=O)c(Cc5ccccc5)nc4cc3n2CCCN2CCCC2=O)cc1. The van der Waals surface area contributed by atoms with Gasteiger partial charge in [-0.3, -0.25) is 9.59 Å². The first-order valence-electron chi connectivity index (χ1n) is 13.6. The number of likely N-dealkylation sites (tertiary alicyclic amines) is 1. The number of nitrogens with zero attached hydrogens (tertiary/aromatic N) is 4. The van der Waals surface area contributed by atoms with Gasteiger partial charge in [0.2, 0.25) is 5.91 Å². The van der Waals surface area contributed by atoms with E-state index in [0.29, 0.717) is 30.6 Å². The van der Waals surface area contributed by atoms with Gasteiger partial charge in [-0.15, -0.1) is 0 Å². The van der Waals surface area contributed by atoms with E-state index in [1.165, 1.54) is 0 Å². The number of rotatable bonds is 9. The lowest BCUT2D eigenvalue weighted by Crippen LogP contribution is -2.26. The third-order valence-electron chi connectivity index (χ3n) is 7.40. The van der Waals surface area contributed by atoms with Crippen LogP contribution in [0.15, 0.2) is 71.5 Å². The molecule has 8 nitrogen and oxygen atoms in total. The fraction of sp³-hybridized carbons (Fsp3) is 0.250. The minimum atomic E-state index is -0.190. The summed E-state index contributed by atoms with van der Waals surface area (Å²) >= 11 is 0. The molecule has 202 valence electrons. The fourth-order valence-corrected chi connectivity index (χ4v) is 5.28. The summed E-state index contributed by atoms with van der Waals surface area (Å²) in [6.07, 6.45) is 6.89. The van der Waals surface area contributed by atoms with Crippen LogP contribution >= 0.6 is 0 Å². The number of aryl methyl sites for hydroxylation is 1. The number of benzene rings is 3. The number of imidazole rings is 1. The number of fused-ring (bicyclic) bond motifs is 2. The van der Waals surface area contributed by atoms with E-state index >= 15 is 0 Å². The van der Waals surface area contributed by atoms with Gasteiger partial charge in [0.05, 0.1) is 29.2 Å². The van der Waals surface area contributed by atoms with Crippen LogP contribution in [0.4, 0.5) is 0 Å². The first kappa shape index (κ1) is 25.6. The van der Waals surface area contributed by atoms with Crippen molar-refractivity contribution in [2.75, 3.05) is 20.2 Å². The Bertz CT molecular complexity index is 1750. The zero-order valence-electron chi connectivity index (χ0n) is 22.5. The van der Waals surface area contributed by atoms with E-state index in [2.05, 4.69) is 9.55 Å². The van der Waals surface area contributed by atoms with Crippen molar-refractivity contribution in [3.63, 3.8) is 0 Å². The lowest BCUT2D eigenvalue weighted by Gasteiger charge is -2.16. The van der Waals surface area contributed by atoms with Gasteiger partial charge in [0.25, 0.3) is 5.56 Å². The van der Waals surface area contributed by atoms with E-state index in [0.717, 1.165) is 65.2 Å². The predicted molar refractivity (Wildman–Crippen MR) is 157 cm³/mol. The number of nitrogens with one attached hydrogen (secondary N) is 1. The van der Waals surface area contributed by atoms with Crippen molar-refractivity contribution in [2.45, 2.75) is 32.2 Å². The van der Waals surface area contributed by atoms with E-state index < -0.39 is 0 Å². The van der Waals surface area contributed by atoms with Crippen molar-refractivity contribution in [1.29, 1.82) is 0 Å². The van der Waals surface area contributed by atoms with Crippen LogP contribution in [-0.2, 0) is 17.8 Å². The van der Waals surface area contributed by atoms with E-state index in [4.69, 9.17) is 14.7 Å². The van der Waals surface area contributed by atoms with Crippen LogP contribution in [0.25, 0.3) is 34.2 Å². The summed E-state index contributed by atoms with van der Waals surface area (Å²) in [5.74, 6) is 1.85. The first-order valence-corrected chi connectivity index (χ1v) is 13.6. The number of carbonyl (C=O) groups excluding carboxylic acids is 1. The van der Waals surface area contributed by atoms with Gasteiger partial charge < -0.3 is 19.2 Å². The fourth-order valence-electron chi connectivity index (χ4n) is 5.28. The monoisotopic (exact) mass is 533 g/mol. The third kappa shape index (κ3) is 5.38. The van der Waals surface area contributed by atoms with Crippen LogP contribution in [0.1, 0.15) is 41.9 Å². The van der Waals surface area contributed by atoms with Gasteiger partial charge in [-0.05, 0) is 54.3 Å². The molecule has 0 radical (unpaired) electrons. The second-order valence-corrected chi connectivity index (χ2v) is 10.1. The number of amides is 1. The van der Waals surface area contributed by atoms with Crippen molar-refractivity contribution < 1.29 is 9.53 Å². The highest BCUT2D eigenvalue weighted by Crippen LogP contribution is 2.24. The lowest BCUT2D eigenvalue weighted by atomic mass is 10.1. The molecule has 0 unspecified atom stereocenters. The molecule has 0 aliphatic carbocycles. The lowest BCUT2D eigenvalue weighted by molar-refractivity contribution is -0.127. The molecule has 0 bridgehead atoms. The van der Waals surface area contributed by atoms with E-state index in [1.54, 1.807) is 7.11 Å². The number of aromatic nitrogens is 4. The zero-order chi connectivity index (χ0) is 27.5. The molecule has 3 heterocycles. The number of methoxy groups -OCH3 is 1. The van der Waals surface area contributed by atoms with Crippen LogP contribution < -0.4 is 10.3 Å². The number of hydrogen-bond acceptors (Lipinski definition) is 5. The van der Waals surface area contributed by atoms with Crippen LogP contribution in [0, 0.1) is 0 Å². The maximum atomic E-state index is 12.8. The molecule has 0 spiro atoms. The largest absolute Gasteiger partial charge is 0.497 e. The van der Waals surface area contributed by atoms with Crippen molar-refractivity contribution in [3.05, 3.63) is 99.7 Å². The Hall–Kier alpha value is -4.72. The van der Waals surface area contributed by atoms with Crippen molar-refractivity contribution in [3.8, 4) is 5.75 Å². The van der Waals surface area contributed by atoms with Crippen molar-refractivity contribution >= 4 is 40.1 Å². The third-order valence-corrected chi connectivity index (χ3v) is 7.40. The maximum absolute atomic E-state index is 12.8. The van der Waals surface area contributed by atoms with Crippen molar-refractivity contribution in [1.82, 2.24) is 24.4 Å². The summed E-state index contributed by atoms with van der Waals surface area (Å²) in [7, 11) is 1.65. The van der Waals surface area contributed by atoms with Crippen LogP contribution in [0.2, 0.25) is 0 Å². The van der Waals surface area contributed by atoms with Gasteiger partial charge in [-0.2, -0.15) is 0 Å². The average molecular weight is 534 g/mol. The number of hydrogen-bond donors (Lipinski definition) is 1. The second-order valence-electron chi connectivity index (χ2n) is 10.1. The van der Waals surface area contributed by atoms with Gasteiger partial charge in [0.1, 0.15) is 17.3 Å². The molecule has 40 heavy (non-hydrogen) atoms. The van der Waals surface area contributed by atoms with Gasteiger partial charge in [0.15, 0.2) is 0 Å². The molecule has 5 aromatic rings. The molecule has 3 aromatic carbocycles. The summed E-state index contributed by atoms with van der Waals surface area (Å²) in [4.78, 5) is 39.6. The maximum Gasteiger partial charge on any atom is 0.270 e. The van der Waals surface area contributed by atoms with Gasteiger partial charge in [-0.25, -0.2) is 9.97 Å². The minimum Gasteiger partial charge on any atom is -0.497 e. The molecule has 1 N–H and O–H groups in total. The Morgan fingerprint density at radius 2 is 1.77 bits per heavy atom. The predicted octanol–water partition coefficient (Wildman–Crippen LogP) is 5.06. The highest BCUT2D eigenvalue weighted by atomic mass is 16.5. The van der Waals surface area contributed by atoms with Crippen LogP contribution in [-0.4, -0.2) is 50.5 Å². The Labute approximate surface area is 232 Å². The van der Waals surface area contributed by atoms with Gasteiger partial charge >= 0.3 is 0 Å². The van der Waals surface area contributed by atoms with E-state index in [-0.39, 0.29) is 11.5 Å². The number of carbonyl (C=O) groups is 1. The molecule has 8 heteroatoms. The quantitative estimate of drug-likeness (QED) is 0.286. The summed E-state index contributed by atoms with van der Waals surface area (Å²) in [5.41, 5.74) is 5.47. The summed E-state index contributed by atoms with van der Waals surface area (Å²) in [6, 6.07) is 21.6. The topological polar surface area (TPSA) is 93.1 Å². The molecular weight excluding hydrogens is 502 g/mol. The zero-order valence-corrected chi connectivity index (χ0v) is 22.5. The standard InChI is InChI=1S/C32H31N5O3/c1-40-24-13-10-22(11-14-24)12-15-30-34-27-20-25-26(33-28(32(39)35-25)19-23-7-3-2-4-8-23)21-29(27)37(30)18-6-17-36-16-5-9-31(36)38/h2-4,7-8,10-15,20-21H,5-6,9,16-19H2,1H3,(H,35,39). The molecular formula is C32H31N5O3.